The molecule has 1 aliphatic rings. The quantitative estimate of drug-likeness (QED) is 0.876. The normalized spacial score (nSPS) is 17.5. The van der Waals surface area contributed by atoms with Crippen LogP contribution in [0.2, 0.25) is 0 Å². The summed E-state index contributed by atoms with van der Waals surface area (Å²) in [6.07, 6.45) is 1.02. The second kappa shape index (κ2) is 7.92. The number of rotatable bonds is 6. The molecule has 0 aromatic heterocycles. The van der Waals surface area contributed by atoms with Crippen molar-refractivity contribution in [1.82, 2.24) is 5.32 Å². The minimum absolute atomic E-state index is 0.0339. The van der Waals surface area contributed by atoms with Crippen LogP contribution in [0, 0.1) is 5.82 Å². The Bertz CT molecular complexity index is 761. The molecule has 0 radical (unpaired) electrons. The van der Waals surface area contributed by atoms with Crippen molar-refractivity contribution >= 4 is 11.6 Å². The summed E-state index contributed by atoms with van der Waals surface area (Å²) in [7, 11) is 0. The molecule has 1 N–H and O–H groups in total. The molecule has 1 heterocycles. The van der Waals surface area contributed by atoms with Crippen molar-refractivity contribution in [2.45, 2.75) is 31.8 Å². The van der Waals surface area contributed by atoms with E-state index in [4.69, 9.17) is 4.84 Å². The van der Waals surface area contributed by atoms with Crippen molar-refractivity contribution in [3.63, 3.8) is 0 Å². The topological polar surface area (TPSA) is 50.7 Å². The second-order valence-corrected chi connectivity index (χ2v) is 6.27. The number of amides is 1. The van der Waals surface area contributed by atoms with E-state index in [2.05, 4.69) is 10.5 Å². The fourth-order valence-electron chi connectivity index (χ4n) is 2.84. The standard InChI is InChI=1S/C20H21FN2O2/c1-14(16-7-3-2-4-8-16)20(24)22-13-19-12-18(23-25-19)11-15-6-5-9-17(21)10-15/h2-10,14,19H,11-13H2,1H3,(H,22,24)/t14-,19-/m0/s1. The lowest BCUT2D eigenvalue weighted by molar-refractivity contribution is -0.122. The molecule has 0 spiro atoms. The smallest absolute Gasteiger partial charge is 0.227 e. The third kappa shape index (κ3) is 4.66. The molecule has 0 saturated carbocycles. The average molecular weight is 340 g/mol. The average Bonchev–Trinajstić information content (AvgIpc) is 3.07. The van der Waals surface area contributed by atoms with Crippen molar-refractivity contribution in [3.05, 3.63) is 71.5 Å². The van der Waals surface area contributed by atoms with Gasteiger partial charge < -0.3 is 10.2 Å². The lowest BCUT2D eigenvalue weighted by Gasteiger charge is -2.14. The van der Waals surface area contributed by atoms with Crippen LogP contribution in [0.4, 0.5) is 4.39 Å². The Morgan fingerprint density at radius 3 is 2.84 bits per heavy atom. The van der Waals surface area contributed by atoms with E-state index >= 15 is 0 Å². The molecule has 2 atom stereocenters. The molecule has 3 rings (SSSR count). The number of halogens is 1. The third-order valence-electron chi connectivity index (χ3n) is 4.29. The summed E-state index contributed by atoms with van der Waals surface area (Å²) in [6, 6.07) is 16.1. The largest absolute Gasteiger partial charge is 0.390 e. The van der Waals surface area contributed by atoms with Gasteiger partial charge in [0.05, 0.1) is 18.2 Å². The van der Waals surface area contributed by atoms with Gasteiger partial charge >= 0.3 is 0 Å². The van der Waals surface area contributed by atoms with Gasteiger partial charge in [0.2, 0.25) is 5.91 Å². The molecule has 1 amide bonds. The van der Waals surface area contributed by atoms with Gasteiger partial charge in [-0.25, -0.2) is 4.39 Å². The SMILES string of the molecule is C[C@H](C(=O)NC[C@@H]1CC(Cc2cccc(F)c2)=NO1)c1ccccc1. The van der Waals surface area contributed by atoms with Crippen molar-refractivity contribution in [2.24, 2.45) is 5.16 Å². The Labute approximate surface area is 146 Å². The number of carbonyl (C=O) groups is 1. The predicted molar refractivity (Wildman–Crippen MR) is 94.9 cm³/mol. The summed E-state index contributed by atoms with van der Waals surface area (Å²) < 4.78 is 13.2. The molecular weight excluding hydrogens is 319 g/mol. The molecule has 0 bridgehead atoms. The van der Waals surface area contributed by atoms with Crippen molar-refractivity contribution < 1.29 is 14.0 Å². The zero-order valence-electron chi connectivity index (χ0n) is 14.1. The molecule has 2 aromatic rings. The van der Waals surface area contributed by atoms with Gasteiger partial charge in [0.25, 0.3) is 0 Å². The summed E-state index contributed by atoms with van der Waals surface area (Å²) in [5, 5.41) is 6.99. The zero-order valence-corrected chi connectivity index (χ0v) is 14.1. The summed E-state index contributed by atoms with van der Waals surface area (Å²) in [6.45, 7) is 2.29. The van der Waals surface area contributed by atoms with E-state index in [1.165, 1.54) is 12.1 Å². The Balaban J connectivity index is 1.45. The first-order valence-electron chi connectivity index (χ1n) is 8.40. The Morgan fingerprint density at radius 1 is 1.28 bits per heavy atom. The van der Waals surface area contributed by atoms with E-state index in [1.54, 1.807) is 6.07 Å². The monoisotopic (exact) mass is 340 g/mol. The first-order chi connectivity index (χ1) is 12.1. The van der Waals surface area contributed by atoms with E-state index in [-0.39, 0.29) is 23.7 Å². The van der Waals surface area contributed by atoms with Gasteiger partial charge in [-0.15, -0.1) is 0 Å². The van der Waals surface area contributed by atoms with Gasteiger partial charge in [-0.1, -0.05) is 47.6 Å². The van der Waals surface area contributed by atoms with Crippen LogP contribution in [0.3, 0.4) is 0 Å². The van der Waals surface area contributed by atoms with E-state index in [0.717, 1.165) is 16.8 Å². The summed E-state index contributed by atoms with van der Waals surface area (Å²) in [4.78, 5) is 17.6. The molecule has 1 aliphatic heterocycles. The van der Waals surface area contributed by atoms with E-state index in [9.17, 15) is 9.18 Å². The highest BCUT2D eigenvalue weighted by molar-refractivity contribution is 5.87. The summed E-state index contributed by atoms with van der Waals surface area (Å²) in [5.41, 5.74) is 2.71. The van der Waals surface area contributed by atoms with Crippen LogP contribution in [-0.2, 0) is 16.1 Å². The van der Waals surface area contributed by atoms with E-state index < -0.39 is 0 Å². The maximum Gasteiger partial charge on any atom is 0.227 e. The number of hydrogen-bond donors (Lipinski definition) is 1. The molecule has 0 fully saturated rings. The number of benzene rings is 2. The minimum Gasteiger partial charge on any atom is -0.390 e. The molecule has 4 nitrogen and oxygen atoms in total. The molecule has 0 aliphatic carbocycles. The Morgan fingerprint density at radius 2 is 2.08 bits per heavy atom. The van der Waals surface area contributed by atoms with Crippen molar-refractivity contribution in [3.8, 4) is 0 Å². The van der Waals surface area contributed by atoms with Gasteiger partial charge in [0, 0.05) is 12.8 Å². The number of nitrogens with zero attached hydrogens (tertiary/aromatic N) is 1. The highest BCUT2D eigenvalue weighted by Crippen LogP contribution is 2.17. The molecule has 25 heavy (non-hydrogen) atoms. The number of hydrogen-bond acceptors (Lipinski definition) is 3. The van der Waals surface area contributed by atoms with Crippen LogP contribution >= 0.6 is 0 Å². The van der Waals surface area contributed by atoms with Crippen LogP contribution in [0.25, 0.3) is 0 Å². The lowest BCUT2D eigenvalue weighted by Crippen LogP contribution is -2.35. The first-order valence-corrected chi connectivity index (χ1v) is 8.40. The van der Waals surface area contributed by atoms with Gasteiger partial charge in [-0.3, -0.25) is 4.79 Å². The molecule has 2 aromatic carbocycles. The van der Waals surface area contributed by atoms with Crippen LogP contribution < -0.4 is 5.32 Å². The van der Waals surface area contributed by atoms with Crippen molar-refractivity contribution in [1.29, 1.82) is 0 Å². The van der Waals surface area contributed by atoms with E-state index in [0.29, 0.717) is 19.4 Å². The summed E-state index contributed by atoms with van der Waals surface area (Å²) in [5.74, 6) is -0.501. The van der Waals surface area contributed by atoms with Crippen LogP contribution in [0.5, 0.6) is 0 Å². The zero-order chi connectivity index (χ0) is 17.6. The van der Waals surface area contributed by atoms with Gasteiger partial charge in [-0.05, 0) is 30.2 Å². The van der Waals surface area contributed by atoms with Crippen molar-refractivity contribution in [2.75, 3.05) is 6.54 Å². The van der Waals surface area contributed by atoms with Gasteiger partial charge in [-0.2, -0.15) is 0 Å². The molecular formula is C20H21FN2O2. The van der Waals surface area contributed by atoms with Crippen LogP contribution in [0.1, 0.15) is 30.4 Å². The van der Waals surface area contributed by atoms with Crippen LogP contribution in [0.15, 0.2) is 59.8 Å². The number of oxime groups is 1. The highest BCUT2D eigenvalue weighted by Gasteiger charge is 2.23. The Hall–Kier alpha value is -2.69. The second-order valence-electron chi connectivity index (χ2n) is 6.27. The molecule has 130 valence electrons. The first kappa shape index (κ1) is 17.1. The molecule has 5 heteroatoms. The Kier molecular flexibility index (Phi) is 5.43. The summed E-state index contributed by atoms with van der Waals surface area (Å²) >= 11 is 0. The number of nitrogens with one attached hydrogen (secondary N) is 1. The van der Waals surface area contributed by atoms with Crippen LogP contribution in [-0.4, -0.2) is 24.3 Å². The van der Waals surface area contributed by atoms with E-state index in [1.807, 2.05) is 43.3 Å². The lowest BCUT2D eigenvalue weighted by atomic mass is 10.0. The maximum atomic E-state index is 13.2. The fraction of sp³-hybridized carbons (Fsp3) is 0.300. The molecule has 0 saturated heterocycles. The predicted octanol–water partition coefficient (Wildman–Crippen LogP) is 3.43. The maximum absolute atomic E-state index is 13.2. The van der Waals surface area contributed by atoms with Gasteiger partial charge in [0.15, 0.2) is 0 Å². The van der Waals surface area contributed by atoms with Gasteiger partial charge in [0.1, 0.15) is 11.9 Å². The third-order valence-corrected chi connectivity index (χ3v) is 4.29. The fourth-order valence-corrected chi connectivity index (χ4v) is 2.84. The number of carbonyl (C=O) groups excluding carboxylic acids is 1. The molecule has 0 unspecified atom stereocenters. The minimum atomic E-state index is -0.254. The highest BCUT2D eigenvalue weighted by atomic mass is 19.1.